The molecule has 5 atom stereocenters. The minimum absolute atomic E-state index is 0.0506. The van der Waals surface area contributed by atoms with E-state index in [0.717, 1.165) is 24.3 Å². The molecule has 0 saturated heterocycles. The Kier molecular flexibility index (Phi) is 10.7. The van der Waals surface area contributed by atoms with Crippen molar-refractivity contribution >= 4 is 35.2 Å². The third-order valence-electron chi connectivity index (χ3n) is 9.90. The van der Waals surface area contributed by atoms with Crippen LogP contribution in [0.3, 0.4) is 0 Å². The Morgan fingerprint density at radius 2 is 1.70 bits per heavy atom. The molecule has 53 heavy (non-hydrogen) atoms. The van der Waals surface area contributed by atoms with Crippen LogP contribution in [0, 0.1) is 18.3 Å². The predicted octanol–water partition coefficient (Wildman–Crippen LogP) is 5.84. The monoisotopic (exact) mass is 737 g/mol. The number of benzene rings is 2. The molecule has 0 spiro atoms. The molecule has 0 saturated carbocycles. The molecule has 0 fully saturated rings. The van der Waals surface area contributed by atoms with Crippen LogP contribution in [0.1, 0.15) is 82.2 Å². The van der Waals surface area contributed by atoms with E-state index in [9.17, 15) is 41.9 Å². The summed E-state index contributed by atoms with van der Waals surface area (Å²) in [5, 5.41) is 2.38. The molecule has 14 heteroatoms. The van der Waals surface area contributed by atoms with Gasteiger partial charge in [0.1, 0.15) is 17.3 Å². The van der Waals surface area contributed by atoms with Crippen LogP contribution in [0.5, 0.6) is 5.75 Å². The zero-order chi connectivity index (χ0) is 39.0. The highest BCUT2D eigenvalue weighted by molar-refractivity contribution is 6.32. The molecule has 2 bridgehead atoms. The molecular weight excluding hydrogens is 699 g/mol. The van der Waals surface area contributed by atoms with Crippen LogP contribution in [0.25, 0.3) is 0 Å². The topological polar surface area (TPSA) is 151 Å². The number of carbonyl (C=O) groups excluding carboxylic acids is 6. The van der Waals surface area contributed by atoms with Gasteiger partial charge in [0, 0.05) is 41.9 Å². The first kappa shape index (κ1) is 38.9. The summed E-state index contributed by atoms with van der Waals surface area (Å²) in [5.41, 5.74) is -7.59. The predicted molar refractivity (Wildman–Crippen MR) is 182 cm³/mol. The molecule has 11 nitrogen and oxygen atoms in total. The molecule has 1 amide bonds. The summed E-state index contributed by atoms with van der Waals surface area (Å²) in [6.07, 6.45) is -3.25. The van der Waals surface area contributed by atoms with E-state index in [2.05, 4.69) is 5.32 Å². The van der Waals surface area contributed by atoms with Crippen LogP contribution in [-0.4, -0.2) is 67.8 Å². The first-order valence-electron chi connectivity index (χ1n) is 16.8. The number of ketones is 3. The number of aryl methyl sites for hydroxylation is 1. The van der Waals surface area contributed by atoms with Crippen LogP contribution >= 0.6 is 0 Å². The van der Waals surface area contributed by atoms with Gasteiger partial charge in [-0.2, -0.15) is 13.2 Å². The Morgan fingerprint density at radius 3 is 2.30 bits per heavy atom. The second kappa shape index (κ2) is 14.6. The summed E-state index contributed by atoms with van der Waals surface area (Å²) in [7, 11) is 2.02. The van der Waals surface area contributed by atoms with Gasteiger partial charge in [0.05, 0.1) is 18.4 Å². The largest absolute Gasteiger partial charge is 0.496 e. The summed E-state index contributed by atoms with van der Waals surface area (Å²) in [5.74, 6) is -6.59. The van der Waals surface area contributed by atoms with E-state index < -0.39 is 87.3 Å². The third kappa shape index (κ3) is 6.60. The molecule has 2 heterocycles. The molecule has 2 aromatic carbocycles. The lowest BCUT2D eigenvalue weighted by Crippen LogP contribution is -2.53. The Hall–Kier alpha value is -5.37. The number of Topliss-reactive ketones (excluding diaryl/α,β-unsaturated/α-hetero) is 3. The molecule has 0 radical (unpaired) electrons. The number of hydrogen-bond donors (Lipinski definition) is 1. The van der Waals surface area contributed by atoms with Gasteiger partial charge < -0.3 is 24.3 Å². The van der Waals surface area contributed by atoms with Crippen molar-refractivity contribution in [3.05, 3.63) is 99.8 Å². The van der Waals surface area contributed by atoms with Crippen molar-refractivity contribution in [1.29, 1.82) is 0 Å². The van der Waals surface area contributed by atoms with Gasteiger partial charge in [-0.1, -0.05) is 49.4 Å². The Labute approximate surface area is 303 Å². The van der Waals surface area contributed by atoms with E-state index in [0.29, 0.717) is 19.1 Å². The fourth-order valence-corrected chi connectivity index (χ4v) is 6.89. The van der Waals surface area contributed by atoms with Crippen LogP contribution in [0.15, 0.2) is 72.0 Å². The fraction of sp³-hybridized carbons (Fsp3) is 0.385. The number of alkyl halides is 3. The summed E-state index contributed by atoms with van der Waals surface area (Å²) >= 11 is 0. The second-order valence-corrected chi connectivity index (χ2v) is 13.2. The normalized spacial score (nSPS) is 25.3. The Morgan fingerprint density at radius 1 is 1.02 bits per heavy atom. The number of hydrogen-bond acceptors (Lipinski definition) is 10. The van der Waals surface area contributed by atoms with E-state index >= 15 is 0 Å². The number of carbonyl (C=O) groups is 6. The lowest BCUT2D eigenvalue weighted by Gasteiger charge is -2.35. The SMILES string of the molecule is CCC1/C=C/[C@H](OC(=O)[C@@](OC)(c2ccccc2)C(F)(F)F)[C@H](C)OC(=O)[C@@]2(C)C=CC(=O)NC3=C2C(=O)c2c(cc(C)c(OC)c2C(=O)CC1)C3=O. The molecule has 2 aromatic rings. The number of halogens is 3. The van der Waals surface area contributed by atoms with Crippen molar-refractivity contribution in [3.8, 4) is 5.75 Å². The number of ether oxygens (including phenoxy) is 4. The molecule has 3 aliphatic rings. The van der Waals surface area contributed by atoms with Crippen molar-refractivity contribution in [2.24, 2.45) is 11.3 Å². The second-order valence-electron chi connectivity index (χ2n) is 13.2. The lowest BCUT2D eigenvalue weighted by atomic mass is 9.71. The smallest absolute Gasteiger partial charge is 0.432 e. The van der Waals surface area contributed by atoms with Gasteiger partial charge in [-0.05, 0) is 57.2 Å². The van der Waals surface area contributed by atoms with Gasteiger partial charge in [0.2, 0.25) is 11.7 Å². The van der Waals surface area contributed by atoms with Crippen molar-refractivity contribution in [2.75, 3.05) is 14.2 Å². The van der Waals surface area contributed by atoms with Gasteiger partial charge in [-0.3, -0.25) is 24.0 Å². The summed E-state index contributed by atoms with van der Waals surface area (Å²) in [6, 6.07) is 7.53. The average Bonchev–Trinajstić information content (AvgIpc) is 3.25. The number of nitrogens with one attached hydrogen (secondary N) is 1. The molecular formula is C39H38F3NO10. The van der Waals surface area contributed by atoms with E-state index in [1.54, 1.807) is 19.9 Å². The number of cyclic esters (lactones) is 1. The van der Waals surface area contributed by atoms with Gasteiger partial charge in [0.15, 0.2) is 17.7 Å². The van der Waals surface area contributed by atoms with Gasteiger partial charge in [0.25, 0.3) is 5.60 Å². The highest BCUT2D eigenvalue weighted by atomic mass is 19.4. The zero-order valence-corrected chi connectivity index (χ0v) is 29.8. The van der Waals surface area contributed by atoms with Crippen molar-refractivity contribution in [3.63, 3.8) is 0 Å². The number of allylic oxidation sites excluding steroid dienone is 2. The van der Waals surface area contributed by atoms with Gasteiger partial charge in [-0.25, -0.2) is 4.79 Å². The number of amides is 1. The van der Waals surface area contributed by atoms with Crippen LogP contribution in [-0.2, 0) is 34.2 Å². The van der Waals surface area contributed by atoms with Gasteiger partial charge >= 0.3 is 18.1 Å². The van der Waals surface area contributed by atoms with Crippen molar-refractivity contribution < 1.29 is 60.9 Å². The lowest BCUT2D eigenvalue weighted by molar-refractivity contribution is -0.278. The minimum Gasteiger partial charge on any atom is -0.496 e. The highest BCUT2D eigenvalue weighted by Gasteiger charge is 2.64. The maximum Gasteiger partial charge on any atom is 0.432 e. The molecule has 1 aliphatic carbocycles. The zero-order valence-electron chi connectivity index (χ0n) is 29.8. The molecule has 5 rings (SSSR count). The molecule has 0 aromatic heterocycles. The number of esters is 2. The first-order valence-corrected chi connectivity index (χ1v) is 16.8. The molecule has 280 valence electrons. The highest BCUT2D eigenvalue weighted by Crippen LogP contribution is 2.46. The van der Waals surface area contributed by atoms with Crippen molar-refractivity contribution in [1.82, 2.24) is 5.32 Å². The van der Waals surface area contributed by atoms with Crippen LogP contribution < -0.4 is 10.1 Å². The van der Waals surface area contributed by atoms with E-state index in [1.165, 1.54) is 51.3 Å². The Bertz CT molecular complexity index is 1980. The standard InChI is InChI=1S/C39H38F3NO10/c1-7-22-13-15-25(44)29-28-24(19-20(2)34(29)50-5)32(46)31-30(33(28)47)37(4,18-17-27(45)43-31)35(48)52-21(3)26(16-14-22)53-36(49)38(51-6,39(40,41)42)23-11-9-8-10-12-23/h8-12,14,16-19,21-22,26H,7,13,15H2,1-6H3,(H,43,45)/b16-14+/t21-,22?,26-,37-,38-/m0/s1. The summed E-state index contributed by atoms with van der Waals surface area (Å²) in [4.78, 5) is 83.6. The molecule has 1 unspecified atom stereocenters. The fourth-order valence-electron chi connectivity index (χ4n) is 6.89. The summed E-state index contributed by atoms with van der Waals surface area (Å²) in [6.45, 7) is 5.87. The Balaban J connectivity index is 1.69. The third-order valence-corrected chi connectivity index (χ3v) is 9.90. The average molecular weight is 738 g/mol. The number of rotatable bonds is 6. The van der Waals surface area contributed by atoms with E-state index in [-0.39, 0.29) is 35.3 Å². The molecule has 2 aliphatic heterocycles. The summed E-state index contributed by atoms with van der Waals surface area (Å²) < 4.78 is 66.1. The molecule has 1 N–H and O–H groups in total. The maximum absolute atomic E-state index is 14.8. The van der Waals surface area contributed by atoms with E-state index in [1.807, 2.05) is 0 Å². The van der Waals surface area contributed by atoms with Crippen LogP contribution in [0.4, 0.5) is 13.2 Å². The minimum atomic E-state index is -5.31. The van der Waals surface area contributed by atoms with Crippen molar-refractivity contribution in [2.45, 2.75) is 70.9 Å². The number of methoxy groups -OCH3 is 2. The quantitative estimate of drug-likeness (QED) is 0.283. The maximum atomic E-state index is 14.8. The first-order chi connectivity index (χ1) is 25.0. The van der Waals surface area contributed by atoms with Crippen LogP contribution in [0.2, 0.25) is 0 Å². The van der Waals surface area contributed by atoms with Gasteiger partial charge in [-0.15, -0.1) is 0 Å². The van der Waals surface area contributed by atoms with E-state index in [4.69, 9.17) is 18.9 Å².